The van der Waals surface area contributed by atoms with Crippen LogP contribution in [0.25, 0.3) is 0 Å². The Bertz CT molecular complexity index is 650. The van der Waals surface area contributed by atoms with Gasteiger partial charge in [-0.05, 0) is 38.4 Å². The number of carbonyl (C=O) groups excluding carboxylic acids is 1. The van der Waals surface area contributed by atoms with Crippen molar-refractivity contribution in [1.29, 1.82) is 0 Å². The summed E-state index contributed by atoms with van der Waals surface area (Å²) < 4.78 is 5.75. The van der Waals surface area contributed by atoms with Crippen molar-refractivity contribution in [3.05, 3.63) is 35.4 Å². The monoisotopic (exact) mass is 391 g/mol. The second-order valence-corrected chi connectivity index (χ2v) is 7.58. The molecule has 1 fully saturated rings. The highest BCUT2D eigenvalue weighted by Gasteiger charge is 2.29. The van der Waals surface area contributed by atoms with Gasteiger partial charge in [-0.15, -0.1) is 0 Å². The van der Waals surface area contributed by atoms with Crippen molar-refractivity contribution in [3.8, 4) is 0 Å². The van der Waals surface area contributed by atoms with Crippen molar-refractivity contribution in [3.63, 3.8) is 0 Å². The number of aryl methyl sites for hydroxylation is 1. The Morgan fingerprint density at radius 3 is 2.61 bits per heavy atom. The molecule has 2 N–H and O–H groups in total. The first kappa shape index (κ1) is 22.3. The number of carboxylic acid groups (broad SMARTS) is 1. The SMILES string of the molecule is CCc1ccc(C(C)NC(=O)C(C)N2CCOC(CN(C)CC(=O)O)C2)cc1. The molecule has 0 saturated carbocycles. The number of morpholine rings is 1. The summed E-state index contributed by atoms with van der Waals surface area (Å²) >= 11 is 0. The zero-order valence-electron chi connectivity index (χ0n) is 17.4. The molecule has 0 aliphatic carbocycles. The van der Waals surface area contributed by atoms with E-state index in [0.717, 1.165) is 12.0 Å². The van der Waals surface area contributed by atoms with Crippen molar-refractivity contribution < 1.29 is 19.4 Å². The van der Waals surface area contributed by atoms with Crippen LogP contribution < -0.4 is 5.32 Å². The normalized spacial score (nSPS) is 20.0. The average molecular weight is 392 g/mol. The third-order valence-electron chi connectivity index (χ3n) is 5.26. The summed E-state index contributed by atoms with van der Waals surface area (Å²) in [5.41, 5.74) is 2.37. The fourth-order valence-electron chi connectivity index (χ4n) is 3.47. The van der Waals surface area contributed by atoms with Crippen LogP contribution in [0.15, 0.2) is 24.3 Å². The summed E-state index contributed by atoms with van der Waals surface area (Å²) in [6.45, 7) is 8.36. The van der Waals surface area contributed by atoms with Crippen LogP contribution in [0.3, 0.4) is 0 Å². The van der Waals surface area contributed by atoms with Crippen molar-refractivity contribution in [1.82, 2.24) is 15.1 Å². The lowest BCUT2D eigenvalue weighted by atomic mass is 10.0. The number of hydrogen-bond donors (Lipinski definition) is 2. The van der Waals surface area contributed by atoms with Crippen molar-refractivity contribution >= 4 is 11.9 Å². The maximum absolute atomic E-state index is 12.7. The average Bonchev–Trinajstić information content (AvgIpc) is 2.66. The highest BCUT2D eigenvalue weighted by atomic mass is 16.5. The quantitative estimate of drug-likeness (QED) is 0.664. The van der Waals surface area contributed by atoms with Crippen molar-refractivity contribution in [2.75, 3.05) is 39.8 Å². The summed E-state index contributed by atoms with van der Waals surface area (Å²) in [5, 5.41) is 12.0. The zero-order valence-corrected chi connectivity index (χ0v) is 17.4. The second kappa shape index (κ2) is 10.5. The minimum absolute atomic E-state index is 0.00777. The predicted octanol–water partition coefficient (Wildman–Crippen LogP) is 1.53. The molecule has 1 heterocycles. The highest BCUT2D eigenvalue weighted by Crippen LogP contribution is 2.16. The Balaban J connectivity index is 1.87. The van der Waals surface area contributed by atoms with Crippen LogP contribution in [0.4, 0.5) is 0 Å². The lowest BCUT2D eigenvalue weighted by molar-refractivity contribution is -0.138. The molecule has 0 aromatic heterocycles. The smallest absolute Gasteiger partial charge is 0.317 e. The Kier molecular flexibility index (Phi) is 8.41. The van der Waals surface area contributed by atoms with Crippen molar-refractivity contribution in [2.24, 2.45) is 0 Å². The van der Waals surface area contributed by atoms with E-state index in [9.17, 15) is 9.59 Å². The van der Waals surface area contributed by atoms with Gasteiger partial charge in [0.05, 0.1) is 31.3 Å². The summed E-state index contributed by atoms with van der Waals surface area (Å²) in [6, 6.07) is 8.01. The van der Waals surface area contributed by atoms with Crippen LogP contribution >= 0.6 is 0 Å². The van der Waals surface area contributed by atoms with Crippen LogP contribution in [0, 0.1) is 0 Å². The predicted molar refractivity (Wildman–Crippen MR) is 108 cm³/mol. The summed E-state index contributed by atoms with van der Waals surface area (Å²) in [6.07, 6.45) is 0.894. The maximum atomic E-state index is 12.7. The molecule has 0 bridgehead atoms. The van der Waals surface area contributed by atoms with E-state index in [0.29, 0.717) is 26.2 Å². The first-order chi connectivity index (χ1) is 13.3. The molecule has 7 heteroatoms. The van der Waals surface area contributed by atoms with Gasteiger partial charge in [0.1, 0.15) is 0 Å². The molecule has 1 amide bonds. The fourth-order valence-corrected chi connectivity index (χ4v) is 3.47. The lowest BCUT2D eigenvalue weighted by Crippen LogP contribution is -2.54. The molecule has 156 valence electrons. The van der Waals surface area contributed by atoms with Crippen LogP contribution in [0.1, 0.15) is 37.9 Å². The molecule has 1 aromatic carbocycles. The van der Waals surface area contributed by atoms with E-state index >= 15 is 0 Å². The Hall–Kier alpha value is -1.96. The van der Waals surface area contributed by atoms with Gasteiger partial charge >= 0.3 is 5.97 Å². The molecule has 3 unspecified atom stereocenters. The molecular formula is C21H33N3O4. The third-order valence-corrected chi connectivity index (χ3v) is 5.26. The molecule has 1 aliphatic rings. The Morgan fingerprint density at radius 1 is 1.32 bits per heavy atom. The number of rotatable bonds is 9. The van der Waals surface area contributed by atoms with Crippen LogP contribution in [-0.2, 0) is 20.7 Å². The largest absolute Gasteiger partial charge is 0.480 e. The number of aliphatic carboxylic acids is 1. The zero-order chi connectivity index (χ0) is 20.7. The van der Waals surface area contributed by atoms with Gasteiger partial charge in [0.2, 0.25) is 5.91 Å². The molecular weight excluding hydrogens is 358 g/mol. The molecule has 0 spiro atoms. The van der Waals surface area contributed by atoms with Crippen LogP contribution in [-0.4, -0.2) is 78.8 Å². The molecule has 28 heavy (non-hydrogen) atoms. The lowest BCUT2D eigenvalue weighted by Gasteiger charge is -2.37. The highest BCUT2D eigenvalue weighted by molar-refractivity contribution is 5.81. The van der Waals surface area contributed by atoms with Gasteiger partial charge < -0.3 is 15.2 Å². The topological polar surface area (TPSA) is 82.1 Å². The van der Waals surface area contributed by atoms with E-state index in [1.54, 1.807) is 11.9 Å². The number of carboxylic acids is 1. The van der Waals surface area contributed by atoms with E-state index in [1.807, 2.05) is 13.8 Å². The van der Waals surface area contributed by atoms with Gasteiger partial charge in [-0.1, -0.05) is 31.2 Å². The van der Waals surface area contributed by atoms with E-state index in [-0.39, 0.29) is 30.6 Å². The van der Waals surface area contributed by atoms with Crippen LogP contribution in [0.5, 0.6) is 0 Å². The molecule has 3 atom stereocenters. The number of nitrogens with zero attached hydrogens (tertiary/aromatic N) is 2. The molecule has 7 nitrogen and oxygen atoms in total. The molecule has 1 aliphatic heterocycles. The number of nitrogens with one attached hydrogen (secondary N) is 1. The number of amides is 1. The number of benzene rings is 1. The fraction of sp³-hybridized carbons (Fsp3) is 0.619. The number of ether oxygens (including phenoxy) is 1. The minimum atomic E-state index is -0.858. The van der Waals surface area contributed by atoms with Gasteiger partial charge in [-0.3, -0.25) is 19.4 Å². The second-order valence-electron chi connectivity index (χ2n) is 7.58. The van der Waals surface area contributed by atoms with Crippen LogP contribution in [0.2, 0.25) is 0 Å². The maximum Gasteiger partial charge on any atom is 0.317 e. The first-order valence-corrected chi connectivity index (χ1v) is 9.95. The van der Waals surface area contributed by atoms with E-state index in [2.05, 4.69) is 41.4 Å². The summed E-state index contributed by atoms with van der Waals surface area (Å²) in [4.78, 5) is 27.4. The van der Waals surface area contributed by atoms with Gasteiger partial charge in [-0.25, -0.2) is 0 Å². The molecule has 2 rings (SSSR count). The molecule has 0 radical (unpaired) electrons. The Labute approximate surface area is 167 Å². The number of likely N-dealkylation sites (N-methyl/N-ethyl adjacent to an activating group) is 1. The van der Waals surface area contributed by atoms with E-state index in [4.69, 9.17) is 9.84 Å². The summed E-state index contributed by atoms with van der Waals surface area (Å²) in [5.74, 6) is -0.865. The van der Waals surface area contributed by atoms with E-state index < -0.39 is 5.97 Å². The number of carbonyl (C=O) groups is 2. The van der Waals surface area contributed by atoms with Crippen molar-refractivity contribution in [2.45, 2.75) is 45.4 Å². The van der Waals surface area contributed by atoms with Gasteiger partial charge in [0.15, 0.2) is 0 Å². The van der Waals surface area contributed by atoms with Gasteiger partial charge in [0.25, 0.3) is 0 Å². The van der Waals surface area contributed by atoms with Gasteiger partial charge in [-0.2, -0.15) is 0 Å². The molecule has 1 aromatic rings. The van der Waals surface area contributed by atoms with Gasteiger partial charge in [0, 0.05) is 19.6 Å². The first-order valence-electron chi connectivity index (χ1n) is 9.95. The Morgan fingerprint density at radius 2 is 2.00 bits per heavy atom. The molecule has 1 saturated heterocycles. The summed E-state index contributed by atoms with van der Waals surface area (Å²) in [7, 11) is 1.76. The standard InChI is InChI=1S/C21H33N3O4/c1-5-17-6-8-18(9-7-17)15(2)22-21(27)16(3)24-10-11-28-19(13-24)12-23(4)14-20(25)26/h6-9,15-16,19H,5,10-14H2,1-4H3,(H,22,27)(H,25,26). The number of hydrogen-bond acceptors (Lipinski definition) is 5. The third kappa shape index (κ3) is 6.58. The minimum Gasteiger partial charge on any atom is -0.480 e. The van der Waals surface area contributed by atoms with E-state index in [1.165, 1.54) is 5.56 Å².